The predicted molar refractivity (Wildman–Crippen MR) is 85.3 cm³/mol. The van der Waals surface area contributed by atoms with Crippen LogP contribution >= 0.6 is 11.3 Å². The second-order valence-electron chi connectivity index (χ2n) is 6.37. The quantitative estimate of drug-likeness (QED) is 0.855. The summed E-state index contributed by atoms with van der Waals surface area (Å²) >= 11 is 1.58. The van der Waals surface area contributed by atoms with Gasteiger partial charge in [0.05, 0.1) is 6.04 Å². The molecule has 1 saturated carbocycles. The molecule has 2 aliphatic rings. The highest BCUT2D eigenvalue weighted by Crippen LogP contribution is 2.33. The van der Waals surface area contributed by atoms with Crippen LogP contribution in [0.1, 0.15) is 43.7 Å². The van der Waals surface area contributed by atoms with E-state index in [0.717, 1.165) is 43.8 Å². The number of thiazole rings is 1. The van der Waals surface area contributed by atoms with E-state index < -0.39 is 0 Å². The smallest absolute Gasteiger partial charge is 0.226 e. The molecule has 0 bridgehead atoms. The van der Waals surface area contributed by atoms with Gasteiger partial charge < -0.3 is 9.80 Å². The summed E-state index contributed by atoms with van der Waals surface area (Å²) in [4.78, 5) is 32.8. The molecule has 120 valence electrons. The number of likely N-dealkylation sites (tertiary alicyclic amines) is 1. The SMILES string of the molecule is CC(c1nccs1)N(C)C(=O)C1CCN(C(=O)C2CC2)CC1. The maximum atomic E-state index is 12.7. The molecule has 1 unspecified atom stereocenters. The van der Waals surface area contributed by atoms with Crippen LogP contribution in [0.4, 0.5) is 0 Å². The van der Waals surface area contributed by atoms with Gasteiger partial charge in [0.1, 0.15) is 5.01 Å². The van der Waals surface area contributed by atoms with E-state index in [1.165, 1.54) is 0 Å². The van der Waals surface area contributed by atoms with Gasteiger partial charge in [-0.15, -0.1) is 11.3 Å². The number of amides is 2. The van der Waals surface area contributed by atoms with Crippen molar-refractivity contribution >= 4 is 23.2 Å². The lowest BCUT2D eigenvalue weighted by molar-refractivity contribution is -0.141. The van der Waals surface area contributed by atoms with Crippen LogP contribution in [0, 0.1) is 11.8 Å². The molecule has 0 radical (unpaired) electrons. The molecule has 22 heavy (non-hydrogen) atoms. The molecular weight excluding hydrogens is 298 g/mol. The fourth-order valence-corrected chi connectivity index (χ4v) is 3.76. The molecule has 1 aliphatic heterocycles. The monoisotopic (exact) mass is 321 g/mol. The fraction of sp³-hybridized carbons (Fsp3) is 0.688. The van der Waals surface area contributed by atoms with Gasteiger partial charge in [0, 0.05) is 43.5 Å². The Hall–Kier alpha value is -1.43. The molecule has 1 atom stereocenters. The minimum absolute atomic E-state index is 0.0126. The average molecular weight is 321 g/mol. The minimum atomic E-state index is 0.0126. The van der Waals surface area contributed by atoms with Gasteiger partial charge in [-0.05, 0) is 32.6 Å². The van der Waals surface area contributed by atoms with E-state index in [0.29, 0.717) is 5.91 Å². The Morgan fingerprint density at radius 2 is 1.95 bits per heavy atom. The van der Waals surface area contributed by atoms with E-state index in [2.05, 4.69) is 4.98 Å². The molecule has 0 N–H and O–H groups in total. The van der Waals surface area contributed by atoms with Gasteiger partial charge in [-0.25, -0.2) is 4.98 Å². The first kappa shape index (κ1) is 15.5. The van der Waals surface area contributed by atoms with E-state index in [9.17, 15) is 9.59 Å². The summed E-state index contributed by atoms with van der Waals surface area (Å²) in [5, 5.41) is 2.91. The number of rotatable bonds is 4. The standard InChI is InChI=1S/C16H23N3O2S/c1-11(14-17-7-10-22-14)18(2)15(20)13-5-8-19(9-6-13)16(21)12-3-4-12/h7,10-13H,3-6,8-9H2,1-2H3. The molecule has 1 aliphatic carbocycles. The summed E-state index contributed by atoms with van der Waals surface area (Å²) in [6.07, 6.45) is 5.44. The lowest BCUT2D eigenvalue weighted by Gasteiger charge is -2.34. The molecule has 1 aromatic heterocycles. The molecule has 1 aromatic rings. The van der Waals surface area contributed by atoms with Crippen LogP contribution in [0.2, 0.25) is 0 Å². The zero-order valence-electron chi connectivity index (χ0n) is 13.2. The van der Waals surface area contributed by atoms with Gasteiger partial charge in [-0.3, -0.25) is 9.59 Å². The molecule has 2 amide bonds. The lowest BCUT2D eigenvalue weighted by atomic mass is 9.94. The number of nitrogens with zero attached hydrogens (tertiary/aromatic N) is 3. The van der Waals surface area contributed by atoms with Gasteiger partial charge in [-0.1, -0.05) is 0 Å². The van der Waals surface area contributed by atoms with Gasteiger partial charge in [0.2, 0.25) is 11.8 Å². The Balaban J connectivity index is 1.53. The van der Waals surface area contributed by atoms with Crippen molar-refractivity contribution < 1.29 is 9.59 Å². The van der Waals surface area contributed by atoms with Crippen LogP contribution in [-0.4, -0.2) is 46.7 Å². The third-order valence-corrected chi connectivity index (χ3v) is 5.77. The van der Waals surface area contributed by atoms with Crippen molar-refractivity contribution in [3.8, 4) is 0 Å². The van der Waals surface area contributed by atoms with Crippen molar-refractivity contribution in [2.45, 2.75) is 38.6 Å². The Bertz CT molecular complexity index is 534. The predicted octanol–water partition coefficient (Wildman–Crippen LogP) is 2.31. The second-order valence-corrected chi connectivity index (χ2v) is 7.30. The van der Waals surface area contributed by atoms with Crippen LogP contribution in [0.15, 0.2) is 11.6 Å². The average Bonchev–Trinajstić information content (AvgIpc) is 3.26. The summed E-state index contributed by atoms with van der Waals surface area (Å²) in [6, 6.07) is 0.0126. The summed E-state index contributed by atoms with van der Waals surface area (Å²) < 4.78 is 0. The number of hydrogen-bond donors (Lipinski definition) is 0. The van der Waals surface area contributed by atoms with Crippen LogP contribution in [0.5, 0.6) is 0 Å². The van der Waals surface area contributed by atoms with Crippen molar-refractivity contribution in [1.82, 2.24) is 14.8 Å². The van der Waals surface area contributed by atoms with Crippen LogP contribution in [0.3, 0.4) is 0 Å². The van der Waals surface area contributed by atoms with Gasteiger partial charge in [0.15, 0.2) is 0 Å². The summed E-state index contributed by atoms with van der Waals surface area (Å²) in [6.45, 7) is 3.47. The zero-order valence-corrected chi connectivity index (χ0v) is 14.0. The second kappa shape index (κ2) is 6.36. The first-order valence-corrected chi connectivity index (χ1v) is 8.90. The highest BCUT2D eigenvalue weighted by atomic mass is 32.1. The van der Waals surface area contributed by atoms with E-state index in [1.54, 1.807) is 17.5 Å². The van der Waals surface area contributed by atoms with Crippen LogP contribution < -0.4 is 0 Å². The topological polar surface area (TPSA) is 53.5 Å². The van der Waals surface area contributed by atoms with Crippen molar-refractivity contribution in [3.63, 3.8) is 0 Å². The van der Waals surface area contributed by atoms with Crippen LogP contribution in [-0.2, 0) is 9.59 Å². The normalized spacial score (nSPS) is 20.7. The number of piperidine rings is 1. The van der Waals surface area contributed by atoms with Crippen molar-refractivity contribution in [2.24, 2.45) is 11.8 Å². The highest BCUT2D eigenvalue weighted by Gasteiger charge is 2.36. The van der Waals surface area contributed by atoms with Gasteiger partial charge >= 0.3 is 0 Å². The molecule has 1 saturated heterocycles. The number of carbonyl (C=O) groups is 2. The molecule has 2 fully saturated rings. The first-order chi connectivity index (χ1) is 10.6. The third kappa shape index (κ3) is 3.16. The Morgan fingerprint density at radius 1 is 1.27 bits per heavy atom. The molecular formula is C16H23N3O2S. The van der Waals surface area contributed by atoms with Gasteiger partial charge in [0.25, 0.3) is 0 Å². The van der Waals surface area contributed by atoms with Gasteiger partial charge in [-0.2, -0.15) is 0 Å². The number of hydrogen-bond acceptors (Lipinski definition) is 4. The first-order valence-electron chi connectivity index (χ1n) is 8.02. The number of carbonyl (C=O) groups excluding carboxylic acids is 2. The summed E-state index contributed by atoms with van der Waals surface area (Å²) in [5.74, 6) is 0.798. The third-order valence-electron chi connectivity index (χ3n) is 4.82. The Kier molecular flexibility index (Phi) is 4.47. The van der Waals surface area contributed by atoms with Crippen LogP contribution in [0.25, 0.3) is 0 Å². The summed E-state index contributed by atoms with van der Waals surface area (Å²) in [7, 11) is 1.86. The van der Waals surface area contributed by atoms with E-state index in [4.69, 9.17) is 0 Å². The molecule has 2 heterocycles. The Morgan fingerprint density at radius 3 is 2.50 bits per heavy atom. The largest absolute Gasteiger partial charge is 0.342 e. The molecule has 3 rings (SSSR count). The van der Waals surface area contributed by atoms with Crippen molar-refractivity contribution in [1.29, 1.82) is 0 Å². The fourth-order valence-electron chi connectivity index (χ4n) is 3.02. The van der Waals surface area contributed by atoms with Crippen molar-refractivity contribution in [2.75, 3.05) is 20.1 Å². The number of aromatic nitrogens is 1. The van der Waals surface area contributed by atoms with E-state index >= 15 is 0 Å². The maximum Gasteiger partial charge on any atom is 0.226 e. The molecule has 6 heteroatoms. The van der Waals surface area contributed by atoms with E-state index in [-0.39, 0.29) is 23.8 Å². The summed E-state index contributed by atoms with van der Waals surface area (Å²) in [5.41, 5.74) is 0. The minimum Gasteiger partial charge on any atom is -0.342 e. The molecule has 0 spiro atoms. The molecule has 0 aromatic carbocycles. The Labute approximate surface area is 135 Å². The zero-order chi connectivity index (χ0) is 15.7. The van der Waals surface area contributed by atoms with E-state index in [1.807, 2.05) is 29.2 Å². The maximum absolute atomic E-state index is 12.7. The molecule has 5 nitrogen and oxygen atoms in total. The van der Waals surface area contributed by atoms with Crippen molar-refractivity contribution in [3.05, 3.63) is 16.6 Å². The highest BCUT2D eigenvalue weighted by molar-refractivity contribution is 7.09. The lowest BCUT2D eigenvalue weighted by Crippen LogP contribution is -2.44.